The van der Waals surface area contributed by atoms with Crippen LogP contribution in [-0.4, -0.2) is 43.4 Å². The molecule has 1 aliphatic heterocycles. The van der Waals surface area contributed by atoms with Crippen molar-refractivity contribution in [1.29, 1.82) is 0 Å². The van der Waals surface area contributed by atoms with Crippen LogP contribution < -0.4 is 20.7 Å². The molecule has 0 saturated carbocycles. The maximum Gasteiger partial charge on any atom is 0.143 e. The fourth-order valence-electron chi connectivity index (χ4n) is 3.16. The normalized spacial score (nSPS) is 14.4. The molecule has 0 aliphatic carbocycles. The lowest BCUT2D eigenvalue weighted by molar-refractivity contribution is 0.123. The highest BCUT2D eigenvalue weighted by Crippen LogP contribution is 2.33. The van der Waals surface area contributed by atoms with Gasteiger partial charge >= 0.3 is 0 Å². The number of nitrogen functional groups attached to an aromatic ring is 1. The number of nitrogens with one attached hydrogen (secondary N) is 1. The van der Waals surface area contributed by atoms with Gasteiger partial charge in [0.2, 0.25) is 0 Å². The van der Waals surface area contributed by atoms with E-state index in [1.54, 1.807) is 7.11 Å². The van der Waals surface area contributed by atoms with E-state index in [4.69, 9.17) is 15.2 Å². The molecule has 26 heavy (non-hydrogen) atoms. The molecular weight excluding hydrogens is 330 g/mol. The first kappa shape index (κ1) is 16.4. The smallest absolute Gasteiger partial charge is 0.143 e. The lowest BCUT2D eigenvalue weighted by Crippen LogP contribution is -2.36. The zero-order valence-corrected chi connectivity index (χ0v) is 14.6. The third kappa shape index (κ3) is 3.09. The standard InChI is InChI=1S/C19H21N5O2/c1-25-18-11-16-13(10-14(18)20)19(22-12-21-16)23-15-4-2-3-5-17(15)24-6-8-26-9-7-24/h2-5,10-12H,6-9,20H2,1H3,(H,21,22,23). The van der Waals surface area contributed by atoms with Crippen molar-refractivity contribution in [2.24, 2.45) is 0 Å². The van der Waals surface area contributed by atoms with E-state index in [1.807, 2.05) is 30.3 Å². The number of aromatic nitrogens is 2. The third-order valence-electron chi connectivity index (χ3n) is 4.50. The van der Waals surface area contributed by atoms with Crippen LogP contribution in [0.1, 0.15) is 0 Å². The van der Waals surface area contributed by atoms with Gasteiger partial charge in [0.05, 0.1) is 42.9 Å². The van der Waals surface area contributed by atoms with Gasteiger partial charge in [-0.25, -0.2) is 9.97 Å². The van der Waals surface area contributed by atoms with Crippen LogP contribution in [0.4, 0.5) is 22.9 Å². The second-order valence-electron chi connectivity index (χ2n) is 6.08. The van der Waals surface area contributed by atoms with Crippen molar-refractivity contribution >= 4 is 33.8 Å². The lowest BCUT2D eigenvalue weighted by Gasteiger charge is -2.30. The Labute approximate surface area is 151 Å². The van der Waals surface area contributed by atoms with Crippen LogP contribution in [0.25, 0.3) is 10.9 Å². The molecule has 0 unspecified atom stereocenters. The summed E-state index contributed by atoms with van der Waals surface area (Å²) in [6, 6.07) is 11.9. The highest BCUT2D eigenvalue weighted by atomic mass is 16.5. The number of methoxy groups -OCH3 is 1. The summed E-state index contributed by atoms with van der Waals surface area (Å²) < 4.78 is 10.7. The maximum atomic E-state index is 6.08. The molecule has 3 N–H and O–H groups in total. The van der Waals surface area contributed by atoms with Gasteiger partial charge in [0, 0.05) is 24.5 Å². The first-order chi connectivity index (χ1) is 12.8. The van der Waals surface area contributed by atoms with Crippen molar-refractivity contribution in [2.45, 2.75) is 0 Å². The minimum absolute atomic E-state index is 0.555. The van der Waals surface area contributed by atoms with Crippen molar-refractivity contribution in [3.63, 3.8) is 0 Å². The van der Waals surface area contributed by atoms with Crippen LogP contribution >= 0.6 is 0 Å². The molecule has 0 radical (unpaired) electrons. The minimum atomic E-state index is 0.555. The molecule has 1 saturated heterocycles. The molecule has 2 heterocycles. The Morgan fingerprint density at radius 1 is 1.15 bits per heavy atom. The van der Waals surface area contributed by atoms with Gasteiger partial charge in [0.25, 0.3) is 0 Å². The molecule has 1 aliphatic rings. The summed E-state index contributed by atoms with van der Waals surface area (Å²) in [5, 5.41) is 4.30. The number of hydrogen-bond donors (Lipinski definition) is 2. The van der Waals surface area contributed by atoms with Gasteiger partial charge in [-0.05, 0) is 18.2 Å². The number of fused-ring (bicyclic) bond motifs is 1. The van der Waals surface area contributed by atoms with Crippen LogP contribution in [0.15, 0.2) is 42.7 Å². The molecule has 7 nitrogen and oxygen atoms in total. The number of benzene rings is 2. The minimum Gasteiger partial charge on any atom is -0.495 e. The van der Waals surface area contributed by atoms with Crippen molar-refractivity contribution in [3.05, 3.63) is 42.7 Å². The van der Waals surface area contributed by atoms with E-state index in [1.165, 1.54) is 6.33 Å². The maximum absolute atomic E-state index is 6.08. The van der Waals surface area contributed by atoms with Crippen LogP contribution in [0.3, 0.4) is 0 Å². The molecule has 3 aromatic rings. The fraction of sp³-hybridized carbons (Fsp3) is 0.263. The number of anilines is 4. The van der Waals surface area contributed by atoms with Gasteiger partial charge in [0.1, 0.15) is 17.9 Å². The van der Waals surface area contributed by atoms with Crippen molar-refractivity contribution in [3.8, 4) is 5.75 Å². The number of ether oxygens (including phenoxy) is 2. The van der Waals surface area contributed by atoms with Crippen molar-refractivity contribution < 1.29 is 9.47 Å². The van der Waals surface area contributed by atoms with Gasteiger partial charge in [-0.1, -0.05) is 12.1 Å². The third-order valence-corrected chi connectivity index (χ3v) is 4.50. The van der Waals surface area contributed by atoms with E-state index < -0.39 is 0 Å². The molecule has 0 bridgehead atoms. The first-order valence-corrected chi connectivity index (χ1v) is 8.53. The number of nitrogens with two attached hydrogens (primary N) is 1. The molecule has 1 aromatic heterocycles. The van der Waals surface area contributed by atoms with Gasteiger partial charge in [-0.3, -0.25) is 0 Å². The molecule has 0 spiro atoms. The molecule has 7 heteroatoms. The monoisotopic (exact) mass is 351 g/mol. The molecule has 1 fully saturated rings. The van der Waals surface area contributed by atoms with Crippen LogP contribution in [0, 0.1) is 0 Å². The number of morpholine rings is 1. The van der Waals surface area contributed by atoms with E-state index in [2.05, 4.69) is 26.3 Å². The Morgan fingerprint density at radius 3 is 2.77 bits per heavy atom. The van der Waals surface area contributed by atoms with Gasteiger partial charge in [-0.15, -0.1) is 0 Å². The van der Waals surface area contributed by atoms with E-state index >= 15 is 0 Å². The Morgan fingerprint density at radius 2 is 1.96 bits per heavy atom. The number of para-hydroxylation sites is 2. The summed E-state index contributed by atoms with van der Waals surface area (Å²) in [7, 11) is 1.59. The lowest BCUT2D eigenvalue weighted by atomic mass is 10.1. The second-order valence-corrected chi connectivity index (χ2v) is 6.08. The Kier molecular flexibility index (Phi) is 4.45. The Balaban J connectivity index is 1.73. The quantitative estimate of drug-likeness (QED) is 0.699. The SMILES string of the molecule is COc1cc2ncnc(Nc3ccccc3N3CCOCC3)c2cc1N. The summed E-state index contributed by atoms with van der Waals surface area (Å²) in [4.78, 5) is 11.1. The Bertz CT molecular complexity index is 925. The zero-order chi connectivity index (χ0) is 17.9. The highest BCUT2D eigenvalue weighted by molar-refractivity contribution is 5.95. The topological polar surface area (TPSA) is 85.5 Å². The summed E-state index contributed by atoms with van der Waals surface area (Å²) in [5.74, 6) is 1.32. The van der Waals surface area contributed by atoms with Gasteiger partial charge < -0.3 is 25.4 Å². The molecule has 0 amide bonds. The first-order valence-electron chi connectivity index (χ1n) is 8.53. The number of rotatable bonds is 4. The van der Waals surface area contributed by atoms with Crippen molar-refractivity contribution in [2.75, 3.05) is 49.4 Å². The largest absolute Gasteiger partial charge is 0.495 e. The summed E-state index contributed by atoms with van der Waals surface area (Å²) in [5.41, 5.74) is 9.52. The summed E-state index contributed by atoms with van der Waals surface area (Å²) in [6.45, 7) is 3.21. The average molecular weight is 351 g/mol. The van der Waals surface area contributed by atoms with Crippen LogP contribution in [0.2, 0.25) is 0 Å². The van der Waals surface area contributed by atoms with E-state index in [0.717, 1.165) is 48.6 Å². The zero-order valence-electron chi connectivity index (χ0n) is 14.6. The molecule has 2 aromatic carbocycles. The Hall–Kier alpha value is -3.06. The van der Waals surface area contributed by atoms with Crippen LogP contribution in [-0.2, 0) is 4.74 Å². The second kappa shape index (κ2) is 7.05. The summed E-state index contributed by atoms with van der Waals surface area (Å²) in [6.07, 6.45) is 1.54. The molecule has 134 valence electrons. The molecular formula is C19H21N5O2. The van der Waals surface area contributed by atoms with Crippen LogP contribution in [0.5, 0.6) is 5.75 Å². The highest BCUT2D eigenvalue weighted by Gasteiger charge is 2.16. The van der Waals surface area contributed by atoms with Gasteiger partial charge in [-0.2, -0.15) is 0 Å². The van der Waals surface area contributed by atoms with E-state index in [0.29, 0.717) is 17.3 Å². The molecule has 0 atom stereocenters. The average Bonchev–Trinajstić information content (AvgIpc) is 2.69. The number of nitrogens with zero attached hydrogens (tertiary/aromatic N) is 3. The predicted molar refractivity (Wildman–Crippen MR) is 103 cm³/mol. The van der Waals surface area contributed by atoms with Crippen molar-refractivity contribution in [1.82, 2.24) is 9.97 Å². The van der Waals surface area contributed by atoms with Gasteiger partial charge in [0.15, 0.2) is 0 Å². The molecule has 4 rings (SSSR count). The van der Waals surface area contributed by atoms with E-state index in [9.17, 15) is 0 Å². The number of hydrogen-bond acceptors (Lipinski definition) is 7. The summed E-state index contributed by atoms with van der Waals surface area (Å²) >= 11 is 0. The predicted octanol–water partition coefficient (Wildman–Crippen LogP) is 2.80. The van der Waals surface area contributed by atoms with E-state index in [-0.39, 0.29) is 0 Å². The fourth-order valence-corrected chi connectivity index (χ4v) is 3.16.